The minimum Gasteiger partial charge on any atom is -0.478 e. The number of hydrogen-bond acceptors (Lipinski definition) is 4. The maximum absolute atomic E-state index is 11.1. The van der Waals surface area contributed by atoms with E-state index in [1.165, 1.54) is 42.5 Å². The number of carbonyl (C=O) groups is 1. The van der Waals surface area contributed by atoms with Crippen molar-refractivity contribution in [2.45, 2.75) is 4.90 Å². The van der Waals surface area contributed by atoms with Crippen LogP contribution in [-0.4, -0.2) is 19.5 Å². The normalized spacial score (nSPS) is 11.1. The van der Waals surface area contributed by atoms with Gasteiger partial charge in [0.05, 0.1) is 4.90 Å². The highest BCUT2D eigenvalue weighted by atomic mass is 35.5. The molecule has 0 spiro atoms. The monoisotopic (exact) mass is 327 g/mol. The standard InChI is InChI=1S/C13H10ClNO5S/c14-8-1-6-12(11(7-8)13(16)17)20-9-2-4-10(5-3-9)21(15,18)19/h1-7H,(H,16,17)(H2,15,18,19). The molecule has 2 rings (SSSR count). The van der Waals surface area contributed by atoms with Gasteiger partial charge in [-0.3, -0.25) is 0 Å². The van der Waals surface area contributed by atoms with E-state index in [2.05, 4.69) is 0 Å². The Bertz CT molecular complexity index is 787. The molecule has 110 valence electrons. The van der Waals surface area contributed by atoms with Gasteiger partial charge in [0, 0.05) is 5.02 Å². The van der Waals surface area contributed by atoms with Gasteiger partial charge < -0.3 is 9.84 Å². The Labute approximate surface area is 125 Å². The number of benzene rings is 2. The first-order valence-electron chi connectivity index (χ1n) is 5.61. The first-order valence-corrected chi connectivity index (χ1v) is 7.53. The molecule has 6 nitrogen and oxygen atoms in total. The fourth-order valence-electron chi connectivity index (χ4n) is 1.58. The van der Waals surface area contributed by atoms with Crippen molar-refractivity contribution in [2.24, 2.45) is 5.14 Å². The Balaban J connectivity index is 2.33. The van der Waals surface area contributed by atoms with E-state index in [0.29, 0.717) is 0 Å². The van der Waals surface area contributed by atoms with Crippen molar-refractivity contribution in [3.05, 3.63) is 53.1 Å². The SMILES string of the molecule is NS(=O)(=O)c1ccc(Oc2ccc(Cl)cc2C(=O)O)cc1. The van der Waals surface area contributed by atoms with Gasteiger partial charge in [-0.15, -0.1) is 0 Å². The molecule has 0 bridgehead atoms. The number of nitrogens with two attached hydrogens (primary N) is 1. The van der Waals surface area contributed by atoms with Gasteiger partial charge in [0.1, 0.15) is 17.1 Å². The summed E-state index contributed by atoms with van der Waals surface area (Å²) in [7, 11) is -3.79. The summed E-state index contributed by atoms with van der Waals surface area (Å²) < 4.78 is 27.7. The summed E-state index contributed by atoms with van der Waals surface area (Å²) in [5.41, 5.74) is -0.0991. The zero-order valence-electron chi connectivity index (χ0n) is 10.5. The minimum atomic E-state index is -3.79. The maximum atomic E-state index is 11.1. The average molecular weight is 328 g/mol. The Morgan fingerprint density at radius 1 is 1.14 bits per heavy atom. The van der Waals surface area contributed by atoms with E-state index in [4.69, 9.17) is 26.6 Å². The van der Waals surface area contributed by atoms with E-state index in [1.54, 1.807) is 0 Å². The van der Waals surface area contributed by atoms with Gasteiger partial charge >= 0.3 is 5.97 Å². The summed E-state index contributed by atoms with van der Waals surface area (Å²) in [5, 5.41) is 14.3. The summed E-state index contributed by atoms with van der Waals surface area (Å²) in [6.45, 7) is 0. The van der Waals surface area contributed by atoms with Gasteiger partial charge in [-0.2, -0.15) is 0 Å². The molecule has 0 atom stereocenters. The second-order valence-corrected chi connectivity index (χ2v) is 6.06. The fraction of sp³-hybridized carbons (Fsp3) is 0. The fourth-order valence-corrected chi connectivity index (χ4v) is 2.27. The lowest BCUT2D eigenvalue weighted by Crippen LogP contribution is -2.11. The predicted octanol–water partition coefficient (Wildman–Crippen LogP) is 2.48. The first kappa shape index (κ1) is 15.3. The highest BCUT2D eigenvalue weighted by Crippen LogP contribution is 2.28. The van der Waals surface area contributed by atoms with Crippen LogP contribution in [0.2, 0.25) is 5.02 Å². The first-order chi connectivity index (χ1) is 9.77. The second kappa shape index (κ2) is 5.72. The second-order valence-electron chi connectivity index (χ2n) is 4.06. The van der Waals surface area contributed by atoms with Gasteiger partial charge in [-0.05, 0) is 42.5 Å². The lowest BCUT2D eigenvalue weighted by Gasteiger charge is -2.09. The van der Waals surface area contributed by atoms with Crippen LogP contribution in [0.3, 0.4) is 0 Å². The molecule has 0 fully saturated rings. The highest BCUT2D eigenvalue weighted by molar-refractivity contribution is 7.89. The molecule has 21 heavy (non-hydrogen) atoms. The van der Waals surface area contributed by atoms with Crippen molar-refractivity contribution in [3.63, 3.8) is 0 Å². The molecule has 0 aromatic heterocycles. The van der Waals surface area contributed by atoms with Crippen molar-refractivity contribution >= 4 is 27.6 Å². The van der Waals surface area contributed by atoms with Crippen LogP contribution in [0.1, 0.15) is 10.4 Å². The van der Waals surface area contributed by atoms with Crippen LogP contribution in [0.15, 0.2) is 47.4 Å². The molecule has 0 amide bonds. The van der Waals surface area contributed by atoms with Crippen molar-refractivity contribution in [2.75, 3.05) is 0 Å². The smallest absolute Gasteiger partial charge is 0.339 e. The van der Waals surface area contributed by atoms with E-state index in [1.807, 2.05) is 0 Å². The van der Waals surface area contributed by atoms with Crippen LogP contribution in [-0.2, 0) is 10.0 Å². The number of primary sulfonamides is 1. The summed E-state index contributed by atoms with van der Waals surface area (Å²) >= 11 is 5.74. The van der Waals surface area contributed by atoms with Crippen LogP contribution < -0.4 is 9.88 Å². The van der Waals surface area contributed by atoms with Crippen LogP contribution >= 0.6 is 11.6 Å². The quantitative estimate of drug-likeness (QED) is 0.897. The van der Waals surface area contributed by atoms with Crippen molar-refractivity contribution in [1.82, 2.24) is 0 Å². The molecule has 0 heterocycles. The highest BCUT2D eigenvalue weighted by Gasteiger charge is 2.13. The molecular weight excluding hydrogens is 318 g/mol. The number of carboxylic acid groups (broad SMARTS) is 1. The van der Waals surface area contributed by atoms with Gasteiger partial charge in [0.2, 0.25) is 10.0 Å². The zero-order valence-corrected chi connectivity index (χ0v) is 12.1. The van der Waals surface area contributed by atoms with E-state index in [9.17, 15) is 13.2 Å². The van der Waals surface area contributed by atoms with Gasteiger partial charge in [0.15, 0.2) is 0 Å². The van der Waals surface area contributed by atoms with Crippen molar-refractivity contribution in [3.8, 4) is 11.5 Å². The van der Waals surface area contributed by atoms with Gasteiger partial charge in [-0.25, -0.2) is 18.4 Å². The Morgan fingerprint density at radius 3 is 2.29 bits per heavy atom. The van der Waals surface area contributed by atoms with Crippen LogP contribution in [0.25, 0.3) is 0 Å². The number of carboxylic acids is 1. The van der Waals surface area contributed by atoms with Gasteiger partial charge in [-0.1, -0.05) is 11.6 Å². The zero-order chi connectivity index (χ0) is 15.6. The number of rotatable bonds is 4. The average Bonchev–Trinajstić information content (AvgIpc) is 2.40. The summed E-state index contributed by atoms with van der Waals surface area (Å²) in [4.78, 5) is 11.0. The molecule has 0 aliphatic carbocycles. The third kappa shape index (κ3) is 3.72. The summed E-state index contributed by atoms with van der Waals surface area (Å²) in [6.07, 6.45) is 0. The number of halogens is 1. The van der Waals surface area contributed by atoms with Gasteiger partial charge in [0.25, 0.3) is 0 Å². The number of ether oxygens (including phenoxy) is 1. The van der Waals surface area contributed by atoms with Crippen LogP contribution in [0.4, 0.5) is 0 Å². The lowest BCUT2D eigenvalue weighted by molar-refractivity contribution is 0.0694. The van der Waals surface area contributed by atoms with E-state index >= 15 is 0 Å². The molecule has 3 N–H and O–H groups in total. The maximum Gasteiger partial charge on any atom is 0.339 e. The minimum absolute atomic E-state index is 0.0654. The molecule has 0 aliphatic heterocycles. The molecule has 0 saturated heterocycles. The predicted molar refractivity (Wildman–Crippen MR) is 76.3 cm³/mol. The number of sulfonamides is 1. The van der Waals surface area contributed by atoms with E-state index in [0.717, 1.165) is 0 Å². The van der Waals surface area contributed by atoms with Crippen molar-refractivity contribution in [1.29, 1.82) is 0 Å². The number of hydrogen-bond donors (Lipinski definition) is 2. The Hall–Kier alpha value is -2.09. The molecule has 0 radical (unpaired) electrons. The largest absolute Gasteiger partial charge is 0.478 e. The lowest BCUT2D eigenvalue weighted by atomic mass is 10.2. The van der Waals surface area contributed by atoms with Crippen LogP contribution in [0, 0.1) is 0 Å². The molecule has 0 unspecified atom stereocenters. The van der Waals surface area contributed by atoms with Crippen LogP contribution in [0.5, 0.6) is 11.5 Å². The topological polar surface area (TPSA) is 107 Å². The molecule has 2 aromatic carbocycles. The van der Waals surface area contributed by atoms with Crippen molar-refractivity contribution < 1.29 is 23.1 Å². The van der Waals surface area contributed by atoms with E-state index < -0.39 is 16.0 Å². The number of aromatic carboxylic acids is 1. The summed E-state index contributed by atoms with van der Waals surface area (Å²) in [5.74, 6) is -0.823. The molecular formula is C13H10ClNO5S. The molecule has 2 aromatic rings. The molecule has 8 heteroatoms. The third-order valence-electron chi connectivity index (χ3n) is 2.55. The third-order valence-corrected chi connectivity index (χ3v) is 3.72. The Kier molecular flexibility index (Phi) is 4.17. The molecule has 0 aliphatic rings. The Morgan fingerprint density at radius 2 is 1.76 bits per heavy atom. The summed E-state index contributed by atoms with van der Waals surface area (Å²) in [6, 6.07) is 9.45. The van der Waals surface area contributed by atoms with E-state index in [-0.39, 0.29) is 27.0 Å². The molecule has 0 saturated carbocycles.